The summed E-state index contributed by atoms with van der Waals surface area (Å²) in [6, 6.07) is 0. The third-order valence-corrected chi connectivity index (χ3v) is 4.37. The van der Waals surface area contributed by atoms with Gasteiger partial charge in [0.15, 0.2) is 0 Å². The van der Waals surface area contributed by atoms with Gasteiger partial charge in [-0.1, -0.05) is 52.4 Å². The van der Waals surface area contributed by atoms with Gasteiger partial charge >= 0.3 is 5.97 Å². The normalized spacial score (nSPS) is 18.6. The molecule has 116 valence electrons. The number of carboxylic acid groups (broad SMARTS) is 1. The van der Waals surface area contributed by atoms with Crippen molar-refractivity contribution in [2.24, 2.45) is 5.92 Å². The van der Waals surface area contributed by atoms with E-state index in [2.05, 4.69) is 19.2 Å². The van der Waals surface area contributed by atoms with Gasteiger partial charge in [0.05, 0.1) is 0 Å². The van der Waals surface area contributed by atoms with Crippen LogP contribution in [0.2, 0.25) is 0 Å². The average molecular weight is 283 g/mol. The Bertz CT molecular complexity index is 314. The fourth-order valence-electron chi connectivity index (χ4n) is 3.17. The summed E-state index contributed by atoms with van der Waals surface area (Å²) in [5.41, 5.74) is -1.02. The van der Waals surface area contributed by atoms with E-state index in [1.54, 1.807) is 0 Å². The maximum absolute atomic E-state index is 12.4. The zero-order valence-corrected chi connectivity index (χ0v) is 12.9. The number of carbonyl (C=O) groups is 2. The molecule has 0 bridgehead atoms. The first-order valence-electron chi connectivity index (χ1n) is 8.11. The maximum Gasteiger partial charge on any atom is 0.329 e. The molecule has 4 nitrogen and oxygen atoms in total. The van der Waals surface area contributed by atoms with Crippen molar-refractivity contribution in [3.8, 4) is 0 Å². The molecule has 0 aliphatic heterocycles. The Morgan fingerprint density at radius 3 is 1.95 bits per heavy atom. The lowest BCUT2D eigenvalue weighted by molar-refractivity contribution is -0.149. The lowest BCUT2D eigenvalue weighted by Crippen LogP contribution is -2.55. The van der Waals surface area contributed by atoms with Crippen LogP contribution in [0.15, 0.2) is 0 Å². The Kier molecular flexibility index (Phi) is 7.03. The zero-order chi connectivity index (χ0) is 15.0. The number of amides is 1. The van der Waals surface area contributed by atoms with Gasteiger partial charge in [-0.2, -0.15) is 0 Å². The highest BCUT2D eigenvalue weighted by Gasteiger charge is 2.40. The number of aliphatic carboxylic acids is 1. The van der Waals surface area contributed by atoms with E-state index >= 15 is 0 Å². The molecular formula is C16H29NO3. The molecule has 0 radical (unpaired) electrons. The van der Waals surface area contributed by atoms with Crippen LogP contribution in [0.3, 0.4) is 0 Å². The minimum absolute atomic E-state index is 0.0375. The van der Waals surface area contributed by atoms with Crippen molar-refractivity contribution in [2.45, 2.75) is 83.6 Å². The van der Waals surface area contributed by atoms with E-state index in [-0.39, 0.29) is 11.8 Å². The number of carboxylic acids is 1. The van der Waals surface area contributed by atoms with Gasteiger partial charge in [-0.15, -0.1) is 0 Å². The van der Waals surface area contributed by atoms with Crippen LogP contribution in [0.5, 0.6) is 0 Å². The Morgan fingerprint density at radius 2 is 1.55 bits per heavy atom. The van der Waals surface area contributed by atoms with E-state index < -0.39 is 11.5 Å². The van der Waals surface area contributed by atoms with Crippen LogP contribution in [0.1, 0.15) is 78.1 Å². The molecule has 0 spiro atoms. The molecule has 0 heterocycles. The van der Waals surface area contributed by atoms with Crippen molar-refractivity contribution in [1.82, 2.24) is 5.32 Å². The molecule has 1 fully saturated rings. The molecule has 1 amide bonds. The molecule has 0 aromatic rings. The van der Waals surface area contributed by atoms with Gasteiger partial charge in [0.1, 0.15) is 5.54 Å². The van der Waals surface area contributed by atoms with Crippen molar-refractivity contribution in [3.63, 3.8) is 0 Å². The van der Waals surface area contributed by atoms with Gasteiger partial charge < -0.3 is 10.4 Å². The molecule has 0 atom stereocenters. The number of hydrogen-bond donors (Lipinski definition) is 2. The number of nitrogens with one attached hydrogen (secondary N) is 1. The summed E-state index contributed by atoms with van der Waals surface area (Å²) in [6.07, 6.45) is 8.65. The molecule has 0 unspecified atom stereocenters. The Balaban J connectivity index is 2.77. The van der Waals surface area contributed by atoms with Crippen LogP contribution >= 0.6 is 0 Å². The first-order valence-corrected chi connectivity index (χ1v) is 8.11. The van der Waals surface area contributed by atoms with E-state index in [1.807, 2.05) is 0 Å². The van der Waals surface area contributed by atoms with Crippen molar-refractivity contribution in [1.29, 1.82) is 0 Å². The number of carbonyl (C=O) groups excluding carboxylic acids is 1. The van der Waals surface area contributed by atoms with Crippen molar-refractivity contribution in [2.75, 3.05) is 0 Å². The van der Waals surface area contributed by atoms with Crippen molar-refractivity contribution in [3.05, 3.63) is 0 Å². The largest absolute Gasteiger partial charge is 0.480 e. The summed E-state index contributed by atoms with van der Waals surface area (Å²) < 4.78 is 0. The molecular weight excluding hydrogens is 254 g/mol. The van der Waals surface area contributed by atoms with Gasteiger partial charge in [-0.25, -0.2) is 4.79 Å². The third-order valence-electron chi connectivity index (χ3n) is 4.37. The smallest absolute Gasteiger partial charge is 0.329 e. The SMILES string of the molecule is CCCC(CCC)C(=O)NC1(C(=O)O)CCCCCC1. The minimum Gasteiger partial charge on any atom is -0.480 e. The van der Waals surface area contributed by atoms with E-state index in [1.165, 1.54) is 0 Å². The summed E-state index contributed by atoms with van der Waals surface area (Å²) in [6.45, 7) is 4.13. The molecule has 0 aromatic carbocycles. The second kappa shape index (κ2) is 8.28. The predicted molar refractivity (Wildman–Crippen MR) is 79.5 cm³/mol. The first-order chi connectivity index (χ1) is 9.55. The third kappa shape index (κ3) is 4.50. The van der Waals surface area contributed by atoms with E-state index in [0.717, 1.165) is 51.4 Å². The standard InChI is InChI=1S/C16H29NO3/c1-3-9-13(10-4-2)14(18)17-16(15(19)20)11-7-5-6-8-12-16/h13H,3-12H2,1-2H3,(H,17,18)(H,19,20). The molecule has 1 rings (SSSR count). The fourth-order valence-corrected chi connectivity index (χ4v) is 3.17. The lowest BCUT2D eigenvalue weighted by Gasteiger charge is -2.31. The molecule has 1 aliphatic rings. The topological polar surface area (TPSA) is 66.4 Å². The highest BCUT2D eigenvalue weighted by atomic mass is 16.4. The van der Waals surface area contributed by atoms with Gasteiger partial charge in [0.25, 0.3) is 0 Å². The second-order valence-electron chi connectivity index (χ2n) is 6.06. The number of hydrogen-bond acceptors (Lipinski definition) is 2. The van der Waals surface area contributed by atoms with Gasteiger partial charge in [0, 0.05) is 5.92 Å². The Hall–Kier alpha value is -1.06. The van der Waals surface area contributed by atoms with E-state index in [9.17, 15) is 14.7 Å². The zero-order valence-electron chi connectivity index (χ0n) is 12.9. The predicted octanol–water partition coefficient (Wildman–Crippen LogP) is 3.50. The molecule has 20 heavy (non-hydrogen) atoms. The summed E-state index contributed by atoms with van der Waals surface area (Å²) in [7, 11) is 0. The van der Waals surface area contributed by atoms with E-state index in [4.69, 9.17) is 0 Å². The fraction of sp³-hybridized carbons (Fsp3) is 0.875. The molecule has 2 N–H and O–H groups in total. The summed E-state index contributed by atoms with van der Waals surface area (Å²) >= 11 is 0. The van der Waals surface area contributed by atoms with Crippen LogP contribution in [0.25, 0.3) is 0 Å². The molecule has 1 aliphatic carbocycles. The first kappa shape index (κ1) is 17.0. The lowest BCUT2D eigenvalue weighted by atomic mass is 9.88. The van der Waals surface area contributed by atoms with Crippen LogP contribution in [-0.4, -0.2) is 22.5 Å². The van der Waals surface area contributed by atoms with Crippen molar-refractivity contribution < 1.29 is 14.7 Å². The quantitative estimate of drug-likeness (QED) is 0.703. The highest BCUT2D eigenvalue weighted by molar-refractivity contribution is 5.88. The summed E-state index contributed by atoms with van der Waals surface area (Å²) in [5.74, 6) is -0.957. The number of rotatable bonds is 7. The molecule has 1 saturated carbocycles. The van der Waals surface area contributed by atoms with Crippen LogP contribution in [-0.2, 0) is 9.59 Å². The van der Waals surface area contributed by atoms with Crippen LogP contribution < -0.4 is 5.32 Å². The van der Waals surface area contributed by atoms with Gasteiger partial charge in [-0.3, -0.25) is 4.79 Å². The summed E-state index contributed by atoms with van der Waals surface area (Å²) in [5, 5.41) is 12.5. The monoisotopic (exact) mass is 283 g/mol. The minimum atomic E-state index is -1.02. The van der Waals surface area contributed by atoms with Crippen LogP contribution in [0, 0.1) is 5.92 Å². The highest BCUT2D eigenvalue weighted by Crippen LogP contribution is 2.28. The van der Waals surface area contributed by atoms with Gasteiger partial charge in [0.2, 0.25) is 5.91 Å². The second-order valence-corrected chi connectivity index (χ2v) is 6.06. The molecule has 4 heteroatoms. The Morgan fingerprint density at radius 1 is 1.05 bits per heavy atom. The summed E-state index contributed by atoms with van der Waals surface area (Å²) in [4.78, 5) is 24.1. The molecule has 0 aromatic heterocycles. The van der Waals surface area contributed by atoms with Crippen LogP contribution in [0.4, 0.5) is 0 Å². The maximum atomic E-state index is 12.4. The van der Waals surface area contributed by atoms with Crippen molar-refractivity contribution >= 4 is 11.9 Å². The van der Waals surface area contributed by atoms with E-state index in [0.29, 0.717) is 12.8 Å². The Labute approximate surface area is 122 Å². The van der Waals surface area contributed by atoms with Gasteiger partial charge in [-0.05, 0) is 25.7 Å². The molecule has 0 saturated heterocycles. The average Bonchev–Trinajstić information content (AvgIpc) is 2.65.